The van der Waals surface area contributed by atoms with Gasteiger partial charge in [0.15, 0.2) is 5.65 Å². The highest BCUT2D eigenvalue weighted by Crippen LogP contribution is 2.25. The standard InChI is InChI=1S/C15H24N4/c1-5-7-8-11(6-2)14-16-12-9-10-13(19(3)4)17-15(12)18-14/h9-11H,5-8H2,1-4H3,(H,16,17,18). The minimum atomic E-state index is 0.525. The zero-order valence-electron chi connectivity index (χ0n) is 12.4. The summed E-state index contributed by atoms with van der Waals surface area (Å²) in [5.41, 5.74) is 1.87. The van der Waals surface area contributed by atoms with E-state index in [1.807, 2.05) is 25.1 Å². The number of aromatic amines is 1. The molecule has 4 heteroatoms. The first-order valence-corrected chi connectivity index (χ1v) is 7.19. The molecule has 0 aliphatic heterocycles. The summed E-state index contributed by atoms with van der Waals surface area (Å²) < 4.78 is 0. The van der Waals surface area contributed by atoms with Crippen LogP contribution in [0.5, 0.6) is 0 Å². The number of nitrogens with one attached hydrogen (secondary N) is 1. The van der Waals surface area contributed by atoms with Gasteiger partial charge in [-0.15, -0.1) is 0 Å². The Labute approximate surface area is 115 Å². The maximum Gasteiger partial charge on any atom is 0.179 e. The molecule has 2 heterocycles. The molecule has 0 aliphatic rings. The molecule has 0 saturated heterocycles. The van der Waals surface area contributed by atoms with Gasteiger partial charge in [-0.3, -0.25) is 0 Å². The van der Waals surface area contributed by atoms with Crippen LogP contribution in [0, 0.1) is 0 Å². The lowest BCUT2D eigenvalue weighted by molar-refractivity contribution is 0.549. The molecule has 0 saturated carbocycles. The van der Waals surface area contributed by atoms with Crippen molar-refractivity contribution >= 4 is 17.0 Å². The zero-order valence-corrected chi connectivity index (χ0v) is 12.4. The number of hydrogen-bond donors (Lipinski definition) is 1. The van der Waals surface area contributed by atoms with E-state index in [1.54, 1.807) is 0 Å². The summed E-state index contributed by atoms with van der Waals surface area (Å²) in [7, 11) is 4.00. The van der Waals surface area contributed by atoms with Gasteiger partial charge in [0, 0.05) is 20.0 Å². The zero-order chi connectivity index (χ0) is 13.8. The fourth-order valence-corrected chi connectivity index (χ4v) is 2.33. The SMILES string of the molecule is CCCCC(CC)c1nc2nc(N(C)C)ccc2[nH]1. The van der Waals surface area contributed by atoms with Gasteiger partial charge in [-0.1, -0.05) is 26.7 Å². The second-order valence-electron chi connectivity index (χ2n) is 5.30. The van der Waals surface area contributed by atoms with E-state index in [0.717, 1.165) is 29.2 Å². The third kappa shape index (κ3) is 3.06. The lowest BCUT2D eigenvalue weighted by Gasteiger charge is -2.10. The van der Waals surface area contributed by atoms with Crippen molar-refractivity contribution in [2.24, 2.45) is 0 Å². The first-order valence-electron chi connectivity index (χ1n) is 7.19. The third-order valence-corrected chi connectivity index (χ3v) is 3.59. The van der Waals surface area contributed by atoms with Crippen molar-refractivity contribution in [1.82, 2.24) is 15.0 Å². The third-order valence-electron chi connectivity index (χ3n) is 3.59. The first-order chi connectivity index (χ1) is 9.15. The molecule has 0 bridgehead atoms. The van der Waals surface area contributed by atoms with Gasteiger partial charge in [-0.2, -0.15) is 0 Å². The van der Waals surface area contributed by atoms with Gasteiger partial charge < -0.3 is 9.88 Å². The number of nitrogens with zero attached hydrogens (tertiary/aromatic N) is 3. The minimum Gasteiger partial charge on any atom is -0.363 e. The maximum absolute atomic E-state index is 4.69. The van der Waals surface area contributed by atoms with Crippen LogP contribution < -0.4 is 4.90 Å². The van der Waals surface area contributed by atoms with Crippen molar-refractivity contribution in [3.63, 3.8) is 0 Å². The van der Waals surface area contributed by atoms with Crippen LogP contribution in [0.25, 0.3) is 11.2 Å². The number of unbranched alkanes of at least 4 members (excludes halogenated alkanes) is 1. The summed E-state index contributed by atoms with van der Waals surface area (Å²) >= 11 is 0. The van der Waals surface area contributed by atoms with Crippen molar-refractivity contribution in [3.8, 4) is 0 Å². The van der Waals surface area contributed by atoms with Gasteiger partial charge >= 0.3 is 0 Å². The molecule has 0 aliphatic carbocycles. The molecule has 0 fully saturated rings. The lowest BCUT2D eigenvalue weighted by atomic mass is 9.99. The Balaban J connectivity index is 2.29. The summed E-state index contributed by atoms with van der Waals surface area (Å²) in [5.74, 6) is 2.57. The molecule has 4 nitrogen and oxygen atoms in total. The molecule has 1 atom stereocenters. The van der Waals surface area contributed by atoms with Gasteiger partial charge in [-0.05, 0) is 25.0 Å². The van der Waals surface area contributed by atoms with Crippen LogP contribution in [0.15, 0.2) is 12.1 Å². The van der Waals surface area contributed by atoms with Crippen molar-refractivity contribution in [2.75, 3.05) is 19.0 Å². The summed E-state index contributed by atoms with van der Waals surface area (Å²) in [4.78, 5) is 14.7. The number of fused-ring (bicyclic) bond motifs is 1. The van der Waals surface area contributed by atoms with Gasteiger partial charge in [0.2, 0.25) is 0 Å². The number of rotatable bonds is 6. The van der Waals surface area contributed by atoms with E-state index in [0.29, 0.717) is 5.92 Å². The van der Waals surface area contributed by atoms with Crippen LogP contribution in [0.3, 0.4) is 0 Å². The predicted molar refractivity (Wildman–Crippen MR) is 80.8 cm³/mol. The van der Waals surface area contributed by atoms with Gasteiger partial charge in [0.05, 0.1) is 5.52 Å². The molecule has 1 unspecified atom stereocenters. The molecule has 2 aromatic rings. The molecular formula is C15H24N4. The summed E-state index contributed by atoms with van der Waals surface area (Å²) in [5, 5.41) is 0. The quantitative estimate of drug-likeness (QED) is 0.861. The van der Waals surface area contributed by atoms with E-state index >= 15 is 0 Å². The van der Waals surface area contributed by atoms with Crippen molar-refractivity contribution in [2.45, 2.75) is 45.4 Å². The summed E-state index contributed by atoms with van der Waals surface area (Å²) in [6, 6.07) is 4.10. The van der Waals surface area contributed by atoms with E-state index in [4.69, 9.17) is 0 Å². The topological polar surface area (TPSA) is 44.8 Å². The maximum atomic E-state index is 4.69. The Hall–Kier alpha value is -1.58. The van der Waals surface area contributed by atoms with Crippen molar-refractivity contribution in [3.05, 3.63) is 18.0 Å². The monoisotopic (exact) mass is 260 g/mol. The summed E-state index contributed by atoms with van der Waals surface area (Å²) in [6.07, 6.45) is 4.82. The van der Waals surface area contributed by atoms with Crippen molar-refractivity contribution in [1.29, 1.82) is 0 Å². The highest BCUT2D eigenvalue weighted by Gasteiger charge is 2.14. The van der Waals surface area contributed by atoms with Crippen LogP contribution in [0.2, 0.25) is 0 Å². The Morgan fingerprint density at radius 2 is 2.00 bits per heavy atom. The molecule has 1 N–H and O–H groups in total. The van der Waals surface area contributed by atoms with Crippen LogP contribution >= 0.6 is 0 Å². The molecule has 2 aromatic heterocycles. The Bertz CT molecular complexity index is 530. The molecule has 0 amide bonds. The van der Waals surface area contributed by atoms with Crippen LogP contribution in [0.1, 0.15) is 51.3 Å². The van der Waals surface area contributed by atoms with Crippen LogP contribution in [-0.4, -0.2) is 29.0 Å². The number of pyridine rings is 1. The first kappa shape index (κ1) is 13.8. The molecule has 0 aromatic carbocycles. The van der Waals surface area contributed by atoms with Crippen LogP contribution in [-0.2, 0) is 0 Å². The molecule has 0 radical (unpaired) electrons. The second kappa shape index (κ2) is 6.04. The molecule has 19 heavy (non-hydrogen) atoms. The minimum absolute atomic E-state index is 0.525. The second-order valence-corrected chi connectivity index (χ2v) is 5.30. The van der Waals surface area contributed by atoms with Crippen molar-refractivity contribution < 1.29 is 0 Å². The largest absolute Gasteiger partial charge is 0.363 e. The van der Waals surface area contributed by atoms with E-state index < -0.39 is 0 Å². The highest BCUT2D eigenvalue weighted by molar-refractivity contribution is 5.73. The summed E-state index contributed by atoms with van der Waals surface area (Å²) in [6.45, 7) is 4.46. The van der Waals surface area contributed by atoms with E-state index in [9.17, 15) is 0 Å². The smallest absolute Gasteiger partial charge is 0.179 e. The van der Waals surface area contributed by atoms with E-state index in [-0.39, 0.29) is 0 Å². The number of anilines is 1. The van der Waals surface area contributed by atoms with Gasteiger partial charge in [0.1, 0.15) is 11.6 Å². The lowest BCUT2D eigenvalue weighted by Crippen LogP contribution is -2.10. The molecular weight excluding hydrogens is 236 g/mol. The fraction of sp³-hybridized carbons (Fsp3) is 0.600. The normalized spacial score (nSPS) is 12.8. The van der Waals surface area contributed by atoms with Gasteiger partial charge in [-0.25, -0.2) is 9.97 Å². The average Bonchev–Trinajstić information content (AvgIpc) is 2.82. The highest BCUT2D eigenvalue weighted by atomic mass is 15.1. The Morgan fingerprint density at radius 1 is 1.21 bits per heavy atom. The van der Waals surface area contributed by atoms with Gasteiger partial charge in [0.25, 0.3) is 0 Å². The predicted octanol–water partition coefficient (Wildman–Crippen LogP) is 3.71. The van der Waals surface area contributed by atoms with E-state index in [1.165, 1.54) is 19.3 Å². The number of imidazole rings is 1. The Kier molecular flexibility index (Phi) is 4.40. The average molecular weight is 260 g/mol. The number of hydrogen-bond acceptors (Lipinski definition) is 3. The fourth-order valence-electron chi connectivity index (χ4n) is 2.33. The Morgan fingerprint density at radius 3 is 2.63 bits per heavy atom. The van der Waals surface area contributed by atoms with E-state index in [2.05, 4.69) is 34.9 Å². The molecule has 0 spiro atoms. The molecule has 2 rings (SSSR count). The molecule has 104 valence electrons. The number of aromatic nitrogens is 3. The van der Waals surface area contributed by atoms with Crippen LogP contribution in [0.4, 0.5) is 5.82 Å². The number of H-pyrrole nitrogens is 1.